The van der Waals surface area contributed by atoms with E-state index >= 15 is 0 Å². The minimum Gasteiger partial charge on any atom is -0.481 e. The van der Waals surface area contributed by atoms with E-state index in [-0.39, 0.29) is 17.8 Å². The lowest BCUT2D eigenvalue weighted by atomic mass is 9.95. The molecule has 1 N–H and O–H groups in total. The first-order valence-corrected chi connectivity index (χ1v) is 8.87. The maximum atomic E-state index is 13.0. The number of ether oxygens (including phenoxy) is 1. The van der Waals surface area contributed by atoms with Crippen LogP contribution in [0.2, 0.25) is 0 Å². The van der Waals surface area contributed by atoms with Gasteiger partial charge in [0.15, 0.2) is 6.10 Å². The smallest absolute Gasteiger partial charge is 0.261 e. The van der Waals surface area contributed by atoms with Gasteiger partial charge >= 0.3 is 0 Å². The summed E-state index contributed by atoms with van der Waals surface area (Å²) >= 11 is 0. The molecule has 0 saturated carbocycles. The average Bonchev–Trinajstić information content (AvgIpc) is 2.69. The van der Waals surface area contributed by atoms with E-state index in [9.17, 15) is 9.18 Å². The van der Waals surface area contributed by atoms with Crippen LogP contribution in [0.25, 0.3) is 0 Å². The maximum Gasteiger partial charge on any atom is 0.261 e. The molecule has 27 heavy (non-hydrogen) atoms. The predicted octanol–water partition coefficient (Wildman–Crippen LogP) is 4.81. The van der Waals surface area contributed by atoms with Crippen LogP contribution < -0.4 is 10.1 Å². The first-order chi connectivity index (χ1) is 13.0. The summed E-state index contributed by atoms with van der Waals surface area (Å²) in [5, 5.41) is 3.08. The van der Waals surface area contributed by atoms with Crippen molar-refractivity contribution >= 4 is 5.91 Å². The molecule has 0 unspecified atom stereocenters. The minimum absolute atomic E-state index is 0.239. The lowest BCUT2D eigenvalue weighted by Gasteiger charge is -2.24. The third kappa shape index (κ3) is 4.73. The van der Waals surface area contributed by atoms with E-state index in [0.29, 0.717) is 5.75 Å². The van der Waals surface area contributed by atoms with Crippen molar-refractivity contribution in [1.29, 1.82) is 0 Å². The van der Waals surface area contributed by atoms with Crippen molar-refractivity contribution in [3.63, 3.8) is 0 Å². The summed E-state index contributed by atoms with van der Waals surface area (Å²) in [6.45, 7) is 3.70. The van der Waals surface area contributed by atoms with Crippen LogP contribution in [0.4, 0.5) is 4.39 Å². The molecular weight excluding hydrogens is 341 g/mol. The summed E-state index contributed by atoms with van der Waals surface area (Å²) in [6.07, 6.45) is -0.717. The van der Waals surface area contributed by atoms with Gasteiger partial charge in [0.05, 0.1) is 6.04 Å². The van der Waals surface area contributed by atoms with Crippen molar-refractivity contribution < 1.29 is 13.9 Å². The minimum atomic E-state index is -0.717. The van der Waals surface area contributed by atoms with Crippen molar-refractivity contribution in [3.05, 3.63) is 101 Å². The van der Waals surface area contributed by atoms with Crippen LogP contribution in [0.1, 0.15) is 29.7 Å². The molecule has 3 aromatic rings. The Labute approximate surface area is 158 Å². The van der Waals surface area contributed by atoms with Crippen LogP contribution in [0, 0.1) is 12.7 Å². The van der Waals surface area contributed by atoms with Crippen LogP contribution >= 0.6 is 0 Å². The molecule has 138 valence electrons. The van der Waals surface area contributed by atoms with Gasteiger partial charge in [0, 0.05) is 0 Å². The average molecular weight is 363 g/mol. The normalized spacial score (nSPS) is 12.9. The number of hydrogen-bond donors (Lipinski definition) is 1. The molecule has 0 radical (unpaired) electrons. The Bertz CT molecular complexity index is 894. The number of hydrogen-bond acceptors (Lipinski definition) is 2. The summed E-state index contributed by atoms with van der Waals surface area (Å²) < 4.78 is 18.7. The van der Waals surface area contributed by atoms with E-state index in [1.807, 2.05) is 61.5 Å². The van der Waals surface area contributed by atoms with Crippen molar-refractivity contribution in [2.75, 3.05) is 0 Å². The summed E-state index contributed by atoms with van der Waals surface area (Å²) in [7, 11) is 0. The molecule has 0 fully saturated rings. The number of amides is 1. The molecule has 0 aliphatic heterocycles. The van der Waals surface area contributed by atoms with Gasteiger partial charge in [-0.15, -0.1) is 0 Å². The van der Waals surface area contributed by atoms with Crippen molar-refractivity contribution in [3.8, 4) is 5.75 Å². The molecule has 4 heteroatoms. The molecule has 1 amide bonds. The zero-order valence-electron chi connectivity index (χ0n) is 15.4. The molecule has 3 aromatic carbocycles. The third-order valence-corrected chi connectivity index (χ3v) is 4.41. The molecule has 0 spiro atoms. The van der Waals surface area contributed by atoms with Gasteiger partial charge in [0.25, 0.3) is 5.91 Å². The summed E-state index contributed by atoms with van der Waals surface area (Å²) in [4.78, 5) is 12.8. The fourth-order valence-corrected chi connectivity index (χ4v) is 2.93. The van der Waals surface area contributed by atoms with Gasteiger partial charge in [-0.3, -0.25) is 4.79 Å². The van der Waals surface area contributed by atoms with Gasteiger partial charge in [0.2, 0.25) is 0 Å². The van der Waals surface area contributed by atoms with E-state index in [2.05, 4.69) is 5.32 Å². The Morgan fingerprint density at radius 2 is 1.56 bits per heavy atom. The van der Waals surface area contributed by atoms with Gasteiger partial charge < -0.3 is 10.1 Å². The van der Waals surface area contributed by atoms with Crippen molar-refractivity contribution in [1.82, 2.24) is 5.32 Å². The number of nitrogens with one attached hydrogen (secondary N) is 1. The quantitative estimate of drug-likeness (QED) is 0.683. The van der Waals surface area contributed by atoms with Crippen LogP contribution in [-0.2, 0) is 4.79 Å². The molecule has 3 rings (SSSR count). The van der Waals surface area contributed by atoms with Gasteiger partial charge in [-0.2, -0.15) is 0 Å². The highest BCUT2D eigenvalue weighted by Crippen LogP contribution is 2.25. The molecular formula is C23H22FNO2. The summed E-state index contributed by atoms with van der Waals surface area (Å²) in [5.41, 5.74) is 3.12. The lowest BCUT2D eigenvalue weighted by molar-refractivity contribution is -0.127. The Morgan fingerprint density at radius 3 is 2.22 bits per heavy atom. The zero-order chi connectivity index (χ0) is 19.2. The predicted molar refractivity (Wildman–Crippen MR) is 104 cm³/mol. The Kier molecular flexibility index (Phi) is 5.87. The number of carbonyl (C=O) groups is 1. The van der Waals surface area contributed by atoms with Crippen LogP contribution in [0.5, 0.6) is 5.75 Å². The van der Waals surface area contributed by atoms with E-state index < -0.39 is 6.10 Å². The van der Waals surface area contributed by atoms with Gasteiger partial charge in [-0.1, -0.05) is 54.6 Å². The zero-order valence-corrected chi connectivity index (χ0v) is 15.4. The van der Waals surface area contributed by atoms with Crippen LogP contribution in [-0.4, -0.2) is 12.0 Å². The van der Waals surface area contributed by atoms with Crippen LogP contribution in [0.15, 0.2) is 78.9 Å². The van der Waals surface area contributed by atoms with E-state index in [1.165, 1.54) is 24.3 Å². The van der Waals surface area contributed by atoms with Crippen LogP contribution in [0.3, 0.4) is 0 Å². The fraction of sp³-hybridized carbons (Fsp3) is 0.174. The third-order valence-electron chi connectivity index (χ3n) is 4.41. The molecule has 3 nitrogen and oxygen atoms in total. The molecule has 0 saturated heterocycles. The highest BCUT2D eigenvalue weighted by Gasteiger charge is 2.22. The molecule has 0 aliphatic carbocycles. The summed E-state index contributed by atoms with van der Waals surface area (Å²) in [5.74, 6) is -0.134. The van der Waals surface area contributed by atoms with Gasteiger partial charge in [-0.05, 0) is 54.8 Å². The van der Waals surface area contributed by atoms with E-state index in [1.54, 1.807) is 6.92 Å². The highest BCUT2D eigenvalue weighted by molar-refractivity contribution is 5.81. The second-order valence-electron chi connectivity index (χ2n) is 6.42. The maximum absolute atomic E-state index is 13.0. The SMILES string of the molecule is Cc1ccccc1[C@H](NC(=O)[C@@H](C)Oc1ccc(F)cc1)c1ccccc1. The molecule has 0 bridgehead atoms. The molecule has 0 heterocycles. The van der Waals surface area contributed by atoms with Crippen molar-refractivity contribution in [2.45, 2.75) is 26.0 Å². The highest BCUT2D eigenvalue weighted by atomic mass is 19.1. The van der Waals surface area contributed by atoms with Gasteiger partial charge in [-0.25, -0.2) is 4.39 Å². The largest absolute Gasteiger partial charge is 0.481 e. The Hall–Kier alpha value is -3.14. The monoisotopic (exact) mass is 363 g/mol. The van der Waals surface area contributed by atoms with Gasteiger partial charge in [0.1, 0.15) is 11.6 Å². The number of rotatable bonds is 6. The standard InChI is InChI=1S/C23H22FNO2/c1-16-8-6-7-11-21(16)22(18-9-4-3-5-10-18)25-23(26)17(2)27-20-14-12-19(24)13-15-20/h3-15,17,22H,1-2H3,(H,25,26)/t17-,22-/m1/s1. The first-order valence-electron chi connectivity index (χ1n) is 8.87. The lowest BCUT2D eigenvalue weighted by Crippen LogP contribution is -2.39. The Balaban J connectivity index is 1.80. The van der Waals surface area contributed by atoms with E-state index in [4.69, 9.17) is 4.74 Å². The molecule has 0 aromatic heterocycles. The number of aryl methyl sites for hydroxylation is 1. The van der Waals surface area contributed by atoms with E-state index in [0.717, 1.165) is 16.7 Å². The van der Waals surface area contributed by atoms with Crippen molar-refractivity contribution in [2.24, 2.45) is 0 Å². The topological polar surface area (TPSA) is 38.3 Å². The fourth-order valence-electron chi connectivity index (χ4n) is 2.93. The second-order valence-corrected chi connectivity index (χ2v) is 6.42. The molecule has 0 aliphatic rings. The summed E-state index contributed by atoms with van der Waals surface area (Å²) in [6, 6.07) is 23.1. The molecule has 2 atom stereocenters. The first kappa shape index (κ1) is 18.6. The second kappa shape index (κ2) is 8.49. The number of benzene rings is 3. The number of halogens is 1. The number of carbonyl (C=O) groups excluding carboxylic acids is 1. The Morgan fingerprint density at radius 1 is 0.926 bits per heavy atom.